The third kappa shape index (κ3) is 4.91. The number of nitrogens with zero attached hydrogens (tertiary/aromatic N) is 2. The molecule has 0 unspecified atom stereocenters. The van der Waals surface area contributed by atoms with Gasteiger partial charge in [-0.05, 0) is 82.0 Å². The van der Waals surface area contributed by atoms with E-state index in [4.69, 9.17) is 0 Å². The maximum absolute atomic E-state index is 13.8. The lowest BCUT2D eigenvalue weighted by atomic mass is 9.95. The van der Waals surface area contributed by atoms with Crippen LogP contribution in [0.15, 0.2) is 48.5 Å². The van der Waals surface area contributed by atoms with Gasteiger partial charge in [-0.1, -0.05) is 23.8 Å². The van der Waals surface area contributed by atoms with Crippen LogP contribution in [-0.4, -0.2) is 34.4 Å². The number of carbonyl (C=O) groups excluding carboxylic acids is 2. The van der Waals surface area contributed by atoms with Gasteiger partial charge in [-0.3, -0.25) is 9.59 Å². The van der Waals surface area contributed by atoms with Gasteiger partial charge in [0.2, 0.25) is 5.91 Å². The summed E-state index contributed by atoms with van der Waals surface area (Å²) in [6.07, 6.45) is 1.23. The third-order valence-electron chi connectivity index (χ3n) is 6.75. The molecule has 178 valence electrons. The molecule has 6 heteroatoms. The lowest BCUT2D eigenvalue weighted by Crippen LogP contribution is -2.43. The smallest absolute Gasteiger partial charge is 0.255 e. The standard InChI is InChI=1S/C28H32FN3O2/c1-18-5-10-26(32-20(3)7-8-21(32)4)24(15-18)28(34)31-13-11-23(12-14-31)27(33)30-17-22-9-6-19(2)25(29)16-22/h5-10,15-16,23H,11-14,17H2,1-4H3,(H,30,33). The van der Waals surface area contributed by atoms with E-state index in [1.807, 2.05) is 49.9 Å². The van der Waals surface area contributed by atoms with Gasteiger partial charge in [0.1, 0.15) is 5.82 Å². The summed E-state index contributed by atoms with van der Waals surface area (Å²) in [6.45, 7) is 9.16. The number of aryl methyl sites for hydroxylation is 4. The first-order chi connectivity index (χ1) is 16.2. The molecule has 0 aliphatic carbocycles. The van der Waals surface area contributed by atoms with Crippen molar-refractivity contribution in [1.82, 2.24) is 14.8 Å². The molecule has 0 saturated carbocycles. The number of halogens is 1. The van der Waals surface area contributed by atoms with Crippen LogP contribution in [0.25, 0.3) is 5.69 Å². The number of aromatic nitrogens is 1. The molecule has 0 bridgehead atoms. The zero-order valence-corrected chi connectivity index (χ0v) is 20.3. The molecule has 1 aromatic heterocycles. The molecule has 1 aliphatic heterocycles. The Morgan fingerprint density at radius 2 is 1.62 bits per heavy atom. The van der Waals surface area contributed by atoms with Crippen molar-refractivity contribution in [2.45, 2.75) is 47.1 Å². The highest BCUT2D eigenvalue weighted by molar-refractivity contribution is 5.98. The van der Waals surface area contributed by atoms with E-state index in [2.05, 4.69) is 22.0 Å². The highest BCUT2D eigenvalue weighted by Gasteiger charge is 2.29. The van der Waals surface area contributed by atoms with E-state index < -0.39 is 0 Å². The highest BCUT2D eigenvalue weighted by atomic mass is 19.1. The van der Waals surface area contributed by atoms with Gasteiger partial charge in [0, 0.05) is 36.9 Å². The van der Waals surface area contributed by atoms with Crippen LogP contribution in [0.2, 0.25) is 0 Å². The summed E-state index contributed by atoms with van der Waals surface area (Å²) in [6, 6.07) is 15.1. The number of benzene rings is 2. The van der Waals surface area contributed by atoms with Crippen LogP contribution >= 0.6 is 0 Å². The minimum Gasteiger partial charge on any atom is -0.352 e. The van der Waals surface area contributed by atoms with Crippen molar-refractivity contribution in [2.75, 3.05) is 13.1 Å². The second-order valence-corrected chi connectivity index (χ2v) is 9.34. The Hall–Kier alpha value is -3.41. The number of rotatable bonds is 5. The summed E-state index contributed by atoms with van der Waals surface area (Å²) in [5.41, 5.74) is 6.11. The molecule has 34 heavy (non-hydrogen) atoms. The average Bonchev–Trinajstić information content (AvgIpc) is 3.17. The number of hydrogen-bond acceptors (Lipinski definition) is 2. The van der Waals surface area contributed by atoms with Crippen molar-refractivity contribution in [3.05, 3.63) is 88.0 Å². The van der Waals surface area contributed by atoms with Crippen LogP contribution in [-0.2, 0) is 11.3 Å². The quantitative estimate of drug-likeness (QED) is 0.580. The minimum absolute atomic E-state index is 0.000175. The van der Waals surface area contributed by atoms with E-state index in [9.17, 15) is 14.0 Å². The highest BCUT2D eigenvalue weighted by Crippen LogP contribution is 2.25. The molecule has 4 rings (SSSR count). The van der Waals surface area contributed by atoms with Crippen LogP contribution < -0.4 is 5.32 Å². The third-order valence-corrected chi connectivity index (χ3v) is 6.75. The lowest BCUT2D eigenvalue weighted by molar-refractivity contribution is -0.126. The predicted molar refractivity (Wildman–Crippen MR) is 132 cm³/mol. The molecule has 2 amide bonds. The average molecular weight is 462 g/mol. The predicted octanol–water partition coefficient (Wildman–Crippen LogP) is 5.02. The number of likely N-dealkylation sites (tertiary alicyclic amines) is 1. The van der Waals surface area contributed by atoms with Gasteiger partial charge >= 0.3 is 0 Å². The second-order valence-electron chi connectivity index (χ2n) is 9.34. The van der Waals surface area contributed by atoms with Gasteiger partial charge in [-0.2, -0.15) is 0 Å². The molecular weight excluding hydrogens is 429 g/mol. The summed E-state index contributed by atoms with van der Waals surface area (Å²) in [4.78, 5) is 28.1. The van der Waals surface area contributed by atoms with Crippen LogP contribution in [0.5, 0.6) is 0 Å². The van der Waals surface area contributed by atoms with Gasteiger partial charge in [0.15, 0.2) is 0 Å². The Bertz CT molecular complexity index is 1200. The van der Waals surface area contributed by atoms with Crippen LogP contribution in [0.1, 0.15) is 51.3 Å². The molecule has 1 aliphatic rings. The Labute approximate surface area is 200 Å². The molecule has 2 aromatic carbocycles. The molecule has 1 fully saturated rings. The van der Waals surface area contributed by atoms with E-state index in [-0.39, 0.29) is 23.5 Å². The van der Waals surface area contributed by atoms with Crippen LogP contribution in [0, 0.1) is 39.4 Å². The number of carbonyl (C=O) groups is 2. The van der Waals surface area contributed by atoms with Gasteiger partial charge in [-0.25, -0.2) is 4.39 Å². The Morgan fingerprint density at radius 1 is 0.941 bits per heavy atom. The van der Waals surface area contributed by atoms with Gasteiger partial charge < -0.3 is 14.8 Å². The molecule has 5 nitrogen and oxygen atoms in total. The summed E-state index contributed by atoms with van der Waals surface area (Å²) in [5, 5.41) is 2.93. The Morgan fingerprint density at radius 3 is 2.26 bits per heavy atom. The molecule has 0 spiro atoms. The van der Waals surface area contributed by atoms with E-state index in [0.717, 1.165) is 28.2 Å². The summed E-state index contributed by atoms with van der Waals surface area (Å²) >= 11 is 0. The molecule has 3 aromatic rings. The van der Waals surface area contributed by atoms with Gasteiger partial charge in [0.05, 0.1) is 11.3 Å². The van der Waals surface area contributed by atoms with E-state index in [1.165, 1.54) is 6.07 Å². The van der Waals surface area contributed by atoms with Crippen molar-refractivity contribution < 1.29 is 14.0 Å². The van der Waals surface area contributed by atoms with Crippen molar-refractivity contribution in [1.29, 1.82) is 0 Å². The van der Waals surface area contributed by atoms with E-state index >= 15 is 0 Å². The number of amides is 2. The molecule has 0 atom stereocenters. The molecule has 0 radical (unpaired) electrons. The summed E-state index contributed by atoms with van der Waals surface area (Å²) in [7, 11) is 0. The number of hydrogen-bond donors (Lipinski definition) is 1. The SMILES string of the molecule is Cc1ccc(-n2c(C)ccc2C)c(C(=O)N2CCC(C(=O)NCc3ccc(C)c(F)c3)CC2)c1. The second kappa shape index (κ2) is 9.84. The normalized spacial score (nSPS) is 14.3. The fourth-order valence-corrected chi connectivity index (χ4v) is 4.66. The number of piperidine rings is 1. The van der Waals surface area contributed by atoms with Crippen LogP contribution in [0.3, 0.4) is 0 Å². The summed E-state index contributed by atoms with van der Waals surface area (Å²) in [5.74, 6) is -0.451. The Balaban J connectivity index is 1.41. The van der Waals surface area contributed by atoms with Gasteiger partial charge in [0.25, 0.3) is 5.91 Å². The van der Waals surface area contributed by atoms with E-state index in [0.29, 0.717) is 43.6 Å². The maximum atomic E-state index is 13.8. The Kier molecular flexibility index (Phi) is 6.87. The zero-order valence-electron chi connectivity index (χ0n) is 20.3. The zero-order chi connectivity index (χ0) is 24.4. The molecule has 1 saturated heterocycles. The molecular formula is C28H32FN3O2. The first-order valence-corrected chi connectivity index (χ1v) is 11.8. The first kappa shape index (κ1) is 23.7. The molecule has 2 heterocycles. The lowest BCUT2D eigenvalue weighted by Gasteiger charge is -2.32. The summed E-state index contributed by atoms with van der Waals surface area (Å²) < 4.78 is 15.9. The topological polar surface area (TPSA) is 54.3 Å². The van der Waals surface area contributed by atoms with Crippen molar-refractivity contribution in [3.63, 3.8) is 0 Å². The van der Waals surface area contributed by atoms with Crippen molar-refractivity contribution in [2.24, 2.45) is 5.92 Å². The van der Waals surface area contributed by atoms with E-state index in [1.54, 1.807) is 13.0 Å². The largest absolute Gasteiger partial charge is 0.352 e. The molecule has 1 N–H and O–H groups in total. The first-order valence-electron chi connectivity index (χ1n) is 11.8. The van der Waals surface area contributed by atoms with Crippen molar-refractivity contribution in [3.8, 4) is 5.69 Å². The van der Waals surface area contributed by atoms with Crippen molar-refractivity contribution >= 4 is 11.8 Å². The number of nitrogens with one attached hydrogen (secondary N) is 1. The monoisotopic (exact) mass is 461 g/mol. The minimum atomic E-state index is -0.264. The fraction of sp³-hybridized carbons (Fsp3) is 0.357. The van der Waals surface area contributed by atoms with Gasteiger partial charge in [-0.15, -0.1) is 0 Å². The fourth-order valence-electron chi connectivity index (χ4n) is 4.66. The van der Waals surface area contributed by atoms with Crippen LogP contribution in [0.4, 0.5) is 4.39 Å². The maximum Gasteiger partial charge on any atom is 0.255 e.